The van der Waals surface area contributed by atoms with Crippen LogP contribution in [0.3, 0.4) is 0 Å². The van der Waals surface area contributed by atoms with E-state index in [-0.39, 0.29) is 11.8 Å². The number of para-hydroxylation sites is 1. The molecule has 17 heavy (non-hydrogen) atoms. The summed E-state index contributed by atoms with van der Waals surface area (Å²) in [5.41, 5.74) is 1.38. The Kier molecular flexibility index (Phi) is 3.13. The second-order valence-corrected chi connectivity index (χ2v) is 4.14. The Morgan fingerprint density at radius 3 is 2.82 bits per heavy atom. The molecule has 0 spiro atoms. The smallest absolute Gasteiger partial charge is 0.324 e. The number of hydrogen-bond donors (Lipinski definition) is 0. The number of nitrogens with zero attached hydrogens (tertiary/aromatic N) is 2. The molecule has 0 radical (unpaired) electrons. The number of amides is 2. The van der Waals surface area contributed by atoms with Gasteiger partial charge in [-0.05, 0) is 19.1 Å². The first-order valence-corrected chi connectivity index (χ1v) is 5.80. The molecule has 90 valence electrons. The lowest BCUT2D eigenvalue weighted by molar-refractivity contribution is 0.0980. The Morgan fingerprint density at radius 1 is 1.41 bits per heavy atom. The average Bonchev–Trinajstić information content (AvgIpc) is 2.38. The van der Waals surface area contributed by atoms with Gasteiger partial charge in [0.2, 0.25) is 0 Å². The molecule has 0 N–H and O–H groups in total. The van der Waals surface area contributed by atoms with Crippen molar-refractivity contribution < 1.29 is 9.59 Å². The zero-order valence-corrected chi connectivity index (χ0v) is 10.1. The maximum atomic E-state index is 12.1. The topological polar surface area (TPSA) is 40.6 Å². The van der Waals surface area contributed by atoms with Gasteiger partial charge in [0.25, 0.3) is 0 Å². The molecule has 1 aromatic rings. The van der Waals surface area contributed by atoms with E-state index in [1.54, 1.807) is 22.9 Å². The number of rotatable bonds is 1. The van der Waals surface area contributed by atoms with Crippen molar-refractivity contribution in [3.05, 3.63) is 29.8 Å². The lowest BCUT2D eigenvalue weighted by atomic mass is 10.0. The number of carbonyl (C=O) groups excluding carboxylic acids is 2. The molecular formula is C13H16N2O2. The molecule has 0 unspecified atom stereocenters. The van der Waals surface area contributed by atoms with Crippen molar-refractivity contribution in [2.24, 2.45) is 0 Å². The summed E-state index contributed by atoms with van der Waals surface area (Å²) < 4.78 is 0. The van der Waals surface area contributed by atoms with Crippen LogP contribution in [0.15, 0.2) is 24.3 Å². The van der Waals surface area contributed by atoms with Crippen LogP contribution in [0, 0.1) is 0 Å². The van der Waals surface area contributed by atoms with E-state index in [0.717, 1.165) is 5.69 Å². The van der Waals surface area contributed by atoms with E-state index < -0.39 is 0 Å². The van der Waals surface area contributed by atoms with Crippen LogP contribution in [-0.2, 0) is 0 Å². The summed E-state index contributed by atoms with van der Waals surface area (Å²) in [5, 5.41) is 0. The molecule has 0 aliphatic carbocycles. The minimum atomic E-state index is -0.0487. The van der Waals surface area contributed by atoms with Gasteiger partial charge in [-0.15, -0.1) is 0 Å². The summed E-state index contributed by atoms with van der Waals surface area (Å²) in [6, 6.07) is 7.24. The van der Waals surface area contributed by atoms with Crippen LogP contribution < -0.4 is 4.90 Å². The highest BCUT2D eigenvalue weighted by Gasteiger charge is 2.27. The van der Waals surface area contributed by atoms with Crippen molar-refractivity contribution in [3.63, 3.8) is 0 Å². The monoisotopic (exact) mass is 232 g/mol. The summed E-state index contributed by atoms with van der Waals surface area (Å²) in [6.45, 7) is 3.06. The van der Waals surface area contributed by atoms with Gasteiger partial charge in [0.1, 0.15) is 0 Å². The van der Waals surface area contributed by atoms with Crippen LogP contribution >= 0.6 is 0 Å². The fourth-order valence-electron chi connectivity index (χ4n) is 1.95. The highest BCUT2D eigenvalue weighted by atomic mass is 16.2. The van der Waals surface area contributed by atoms with Crippen molar-refractivity contribution in [3.8, 4) is 0 Å². The second-order valence-electron chi connectivity index (χ2n) is 4.14. The third-order valence-corrected chi connectivity index (χ3v) is 3.09. The molecule has 1 aliphatic heterocycles. The Morgan fingerprint density at radius 2 is 2.12 bits per heavy atom. The minimum Gasteiger partial charge on any atom is -0.328 e. The molecule has 0 aromatic heterocycles. The normalized spacial score (nSPS) is 14.5. The first-order chi connectivity index (χ1) is 8.15. The quantitative estimate of drug-likeness (QED) is 0.744. The van der Waals surface area contributed by atoms with Crippen LogP contribution in [0.25, 0.3) is 0 Å². The van der Waals surface area contributed by atoms with Gasteiger partial charge in [-0.3, -0.25) is 9.69 Å². The Labute approximate surface area is 101 Å². The molecule has 0 bridgehead atoms. The first kappa shape index (κ1) is 11.6. The number of ketones is 1. The van der Waals surface area contributed by atoms with Crippen molar-refractivity contribution in [2.45, 2.75) is 13.3 Å². The van der Waals surface area contributed by atoms with Crippen molar-refractivity contribution in [1.29, 1.82) is 0 Å². The van der Waals surface area contributed by atoms with Gasteiger partial charge in [-0.25, -0.2) is 4.79 Å². The van der Waals surface area contributed by atoms with Crippen LogP contribution in [-0.4, -0.2) is 36.9 Å². The molecule has 1 aromatic carbocycles. The summed E-state index contributed by atoms with van der Waals surface area (Å²) in [6.07, 6.45) is 0.403. The van der Waals surface area contributed by atoms with Gasteiger partial charge in [0, 0.05) is 32.1 Å². The highest BCUT2D eigenvalue weighted by Crippen LogP contribution is 2.27. The molecule has 0 fully saturated rings. The van der Waals surface area contributed by atoms with Gasteiger partial charge in [0.05, 0.1) is 5.69 Å². The highest BCUT2D eigenvalue weighted by molar-refractivity contribution is 6.08. The maximum Gasteiger partial charge on any atom is 0.324 e. The Hall–Kier alpha value is -1.84. The fraction of sp³-hybridized carbons (Fsp3) is 0.385. The number of benzene rings is 1. The van der Waals surface area contributed by atoms with Crippen LogP contribution in [0.2, 0.25) is 0 Å². The van der Waals surface area contributed by atoms with E-state index in [1.165, 1.54) is 0 Å². The molecule has 4 heteroatoms. The SMILES string of the molecule is CCN(C)C(=O)N1CCC(=O)c2ccccc21. The van der Waals surface area contributed by atoms with E-state index in [4.69, 9.17) is 0 Å². The van der Waals surface area contributed by atoms with Gasteiger partial charge in [-0.2, -0.15) is 0 Å². The maximum absolute atomic E-state index is 12.1. The third kappa shape index (κ3) is 2.02. The van der Waals surface area contributed by atoms with Crippen LogP contribution in [0.1, 0.15) is 23.7 Å². The molecule has 4 nitrogen and oxygen atoms in total. The number of carbonyl (C=O) groups is 2. The summed E-state index contributed by atoms with van der Waals surface area (Å²) >= 11 is 0. The van der Waals surface area contributed by atoms with E-state index in [0.29, 0.717) is 25.1 Å². The van der Waals surface area contributed by atoms with Crippen LogP contribution in [0.4, 0.5) is 10.5 Å². The van der Waals surface area contributed by atoms with E-state index in [9.17, 15) is 9.59 Å². The second kappa shape index (κ2) is 4.57. The molecule has 0 atom stereocenters. The lowest BCUT2D eigenvalue weighted by Gasteiger charge is -2.31. The van der Waals surface area contributed by atoms with Crippen molar-refractivity contribution >= 4 is 17.5 Å². The molecule has 0 saturated heterocycles. The fourth-order valence-corrected chi connectivity index (χ4v) is 1.95. The zero-order valence-electron chi connectivity index (χ0n) is 10.1. The predicted octanol–water partition coefficient (Wildman–Crippen LogP) is 2.15. The molecule has 1 heterocycles. The first-order valence-electron chi connectivity index (χ1n) is 5.80. The van der Waals surface area contributed by atoms with E-state index >= 15 is 0 Å². The van der Waals surface area contributed by atoms with E-state index in [2.05, 4.69) is 0 Å². The van der Waals surface area contributed by atoms with E-state index in [1.807, 2.05) is 25.1 Å². The number of Topliss-reactive ketones (excluding diaryl/α,β-unsaturated/α-hetero) is 1. The number of hydrogen-bond acceptors (Lipinski definition) is 2. The molecular weight excluding hydrogens is 216 g/mol. The molecule has 1 aliphatic rings. The Balaban J connectivity index is 2.36. The summed E-state index contributed by atoms with van der Waals surface area (Å²) in [5.74, 6) is 0.115. The summed E-state index contributed by atoms with van der Waals surface area (Å²) in [4.78, 5) is 27.2. The van der Waals surface area contributed by atoms with Gasteiger partial charge in [0.15, 0.2) is 5.78 Å². The molecule has 0 saturated carbocycles. The zero-order chi connectivity index (χ0) is 12.4. The third-order valence-electron chi connectivity index (χ3n) is 3.09. The lowest BCUT2D eigenvalue weighted by Crippen LogP contribution is -2.44. The molecule has 2 amide bonds. The van der Waals surface area contributed by atoms with Crippen LogP contribution in [0.5, 0.6) is 0 Å². The molecule has 2 rings (SSSR count). The van der Waals surface area contributed by atoms with Crippen molar-refractivity contribution in [2.75, 3.05) is 25.0 Å². The van der Waals surface area contributed by atoms with Gasteiger partial charge in [-0.1, -0.05) is 12.1 Å². The number of anilines is 1. The Bertz CT molecular complexity index is 456. The largest absolute Gasteiger partial charge is 0.328 e. The average molecular weight is 232 g/mol. The van der Waals surface area contributed by atoms with Gasteiger partial charge >= 0.3 is 6.03 Å². The predicted molar refractivity (Wildman–Crippen MR) is 66.4 cm³/mol. The summed E-state index contributed by atoms with van der Waals surface area (Å²) in [7, 11) is 1.77. The van der Waals surface area contributed by atoms with Crippen molar-refractivity contribution in [1.82, 2.24) is 4.90 Å². The number of urea groups is 1. The van der Waals surface area contributed by atoms with Gasteiger partial charge < -0.3 is 4.90 Å². The number of fused-ring (bicyclic) bond motifs is 1. The standard InChI is InChI=1S/C13H16N2O2/c1-3-14(2)13(17)15-9-8-12(16)10-6-4-5-7-11(10)15/h4-7H,3,8-9H2,1-2H3. The minimum absolute atomic E-state index is 0.0487.